The highest BCUT2D eigenvalue weighted by atomic mass is 16.3. The van der Waals surface area contributed by atoms with Gasteiger partial charge in [0.15, 0.2) is 11.2 Å². The van der Waals surface area contributed by atoms with Crippen LogP contribution >= 0.6 is 0 Å². The van der Waals surface area contributed by atoms with E-state index in [1.807, 2.05) is 12.1 Å². The van der Waals surface area contributed by atoms with E-state index < -0.39 is 5.41 Å². The van der Waals surface area contributed by atoms with E-state index in [0.29, 0.717) is 0 Å². The van der Waals surface area contributed by atoms with Crippen molar-refractivity contribution in [1.29, 1.82) is 0 Å². The third-order valence-electron chi connectivity index (χ3n) is 19.2. The first-order chi connectivity index (χ1) is 44.2. The summed E-state index contributed by atoms with van der Waals surface area (Å²) in [6, 6.07) is 116. The minimum Gasteiger partial charge on any atom is -0.454 e. The molecule has 0 aliphatic heterocycles. The molecule has 2 aromatic heterocycles. The number of anilines is 6. The Morgan fingerprint density at radius 3 is 1.27 bits per heavy atom. The second kappa shape index (κ2) is 19.1. The molecule has 0 fully saturated rings. The van der Waals surface area contributed by atoms with Gasteiger partial charge < -0.3 is 18.6 Å². The number of hydrogen-bond acceptors (Lipinski definition) is 4. The van der Waals surface area contributed by atoms with Gasteiger partial charge in [-0.1, -0.05) is 231 Å². The lowest BCUT2D eigenvalue weighted by molar-refractivity contribution is 0.668. The largest absolute Gasteiger partial charge is 0.454 e. The Balaban J connectivity index is 0.839. The molecule has 0 bridgehead atoms. The number of furan rings is 2. The van der Waals surface area contributed by atoms with Crippen LogP contribution in [0, 0.1) is 0 Å². The van der Waals surface area contributed by atoms with Crippen molar-refractivity contribution in [2.24, 2.45) is 0 Å². The molecule has 0 unspecified atom stereocenters. The molecule has 0 saturated heterocycles. The molecule has 4 nitrogen and oxygen atoms in total. The molecule has 0 saturated carbocycles. The Labute approximate surface area is 513 Å². The van der Waals surface area contributed by atoms with Crippen molar-refractivity contribution in [2.75, 3.05) is 9.80 Å². The van der Waals surface area contributed by atoms with Gasteiger partial charge in [-0.2, -0.15) is 0 Å². The van der Waals surface area contributed by atoms with Crippen LogP contribution in [-0.4, -0.2) is 0 Å². The van der Waals surface area contributed by atoms with Crippen LogP contribution in [0.15, 0.2) is 324 Å². The number of para-hydroxylation sites is 6. The molecular weight excluding hydrogens is 1080 g/mol. The van der Waals surface area contributed by atoms with Gasteiger partial charge in [0.2, 0.25) is 0 Å². The first kappa shape index (κ1) is 49.5. The average Bonchev–Trinajstić information content (AvgIpc) is 1.49. The average molecular weight is 1130 g/mol. The number of nitrogens with zero attached hydrogens (tertiary/aromatic N) is 2. The summed E-state index contributed by atoms with van der Waals surface area (Å²) in [6.45, 7) is 0. The topological polar surface area (TPSA) is 32.8 Å². The first-order valence-electron chi connectivity index (χ1n) is 30.6. The van der Waals surface area contributed by atoms with E-state index in [9.17, 15) is 0 Å². The van der Waals surface area contributed by atoms with Gasteiger partial charge in [-0.05, 0) is 184 Å². The molecule has 0 radical (unpaired) electrons. The van der Waals surface area contributed by atoms with Crippen LogP contribution in [-0.2, 0) is 5.41 Å². The van der Waals surface area contributed by atoms with Gasteiger partial charge in [0.25, 0.3) is 0 Å². The third kappa shape index (κ3) is 7.11. The lowest BCUT2D eigenvalue weighted by Gasteiger charge is -2.32. The van der Waals surface area contributed by atoms with Crippen LogP contribution in [0.2, 0.25) is 0 Å². The first-order valence-corrected chi connectivity index (χ1v) is 30.6. The molecule has 89 heavy (non-hydrogen) atoms. The molecule has 0 amide bonds. The summed E-state index contributed by atoms with van der Waals surface area (Å²) in [5, 5.41) is 11.8. The summed E-state index contributed by atoms with van der Waals surface area (Å²) in [6.07, 6.45) is 0. The highest BCUT2D eigenvalue weighted by Gasteiger charge is 2.54. The standard InChI is InChI=1S/C85H52N2O2/c1-3-25-56(26-4-1)86(76-43-21-39-69-64-35-13-17-45-78(64)88-83(69)76)58-29-19-23-53(49-58)54-47-48-68-72(51-54)61-32-8-10-38-67(61)81-80-66-37-9-7-31-60(66)71(52-75(80)85(82(68)81)73-41-15-11-33-62(73)63-34-12-16-42-74(63)85)55-24-20-30-59(50-55)87(57-27-5-2-6-28-57)77-44-22-40-70-65-36-14-18-46-79(65)89-84(70)77/h1-52H. The van der Waals surface area contributed by atoms with Crippen LogP contribution in [0.25, 0.3) is 121 Å². The molecule has 19 rings (SSSR count). The maximum Gasteiger partial charge on any atom is 0.159 e. The Morgan fingerprint density at radius 2 is 0.674 bits per heavy atom. The molecule has 17 aromatic rings. The quantitative estimate of drug-likeness (QED) is 0.142. The monoisotopic (exact) mass is 1130 g/mol. The van der Waals surface area contributed by atoms with Crippen molar-refractivity contribution in [3.05, 3.63) is 338 Å². The molecule has 0 atom stereocenters. The van der Waals surface area contributed by atoms with Crippen molar-refractivity contribution in [3.63, 3.8) is 0 Å². The highest BCUT2D eigenvalue weighted by molar-refractivity contribution is 6.25. The van der Waals surface area contributed by atoms with Gasteiger partial charge >= 0.3 is 0 Å². The zero-order valence-electron chi connectivity index (χ0n) is 48.2. The van der Waals surface area contributed by atoms with Gasteiger partial charge in [0.05, 0.1) is 16.8 Å². The van der Waals surface area contributed by atoms with Gasteiger partial charge in [0, 0.05) is 44.3 Å². The molecule has 2 aliphatic carbocycles. The Morgan fingerprint density at radius 1 is 0.236 bits per heavy atom. The lowest BCUT2D eigenvalue weighted by atomic mass is 9.68. The van der Waals surface area contributed by atoms with Gasteiger partial charge in [0.1, 0.15) is 11.2 Å². The number of rotatable bonds is 8. The fraction of sp³-hybridized carbons (Fsp3) is 0.0118. The van der Waals surface area contributed by atoms with Gasteiger partial charge in [-0.3, -0.25) is 0 Å². The van der Waals surface area contributed by atoms with E-state index in [0.717, 1.165) is 94.7 Å². The van der Waals surface area contributed by atoms with Gasteiger partial charge in [-0.25, -0.2) is 0 Å². The molecule has 2 aliphatic rings. The minimum atomic E-state index is -0.682. The molecule has 414 valence electrons. The second-order valence-corrected chi connectivity index (χ2v) is 23.7. The van der Waals surface area contributed by atoms with Crippen LogP contribution in [0.4, 0.5) is 34.1 Å². The van der Waals surface area contributed by atoms with Crippen molar-refractivity contribution >= 4 is 110 Å². The number of benzene rings is 15. The Kier molecular flexibility index (Phi) is 10.7. The minimum absolute atomic E-state index is 0.682. The maximum atomic E-state index is 6.78. The van der Waals surface area contributed by atoms with Crippen LogP contribution < -0.4 is 9.80 Å². The normalized spacial score (nSPS) is 12.8. The Hall–Kier alpha value is -11.7. The fourth-order valence-corrected chi connectivity index (χ4v) is 15.6. The summed E-state index contributed by atoms with van der Waals surface area (Å²) in [5.74, 6) is 0. The van der Waals surface area contributed by atoms with Crippen molar-refractivity contribution in [1.82, 2.24) is 0 Å². The van der Waals surface area contributed by atoms with E-state index >= 15 is 0 Å². The zero-order chi connectivity index (χ0) is 58.3. The van der Waals surface area contributed by atoms with E-state index in [1.165, 1.54) is 82.4 Å². The Bertz CT molecular complexity index is 5730. The highest BCUT2D eigenvalue weighted by Crippen LogP contribution is 2.67. The predicted octanol–water partition coefficient (Wildman–Crippen LogP) is 23.6. The van der Waals surface area contributed by atoms with E-state index in [4.69, 9.17) is 8.83 Å². The molecule has 2 heterocycles. The van der Waals surface area contributed by atoms with Crippen LogP contribution in [0.3, 0.4) is 0 Å². The van der Waals surface area contributed by atoms with E-state index in [-0.39, 0.29) is 0 Å². The summed E-state index contributed by atoms with van der Waals surface area (Å²) in [5.41, 5.74) is 23.9. The summed E-state index contributed by atoms with van der Waals surface area (Å²) in [4.78, 5) is 4.69. The lowest BCUT2D eigenvalue weighted by Crippen LogP contribution is -2.26. The summed E-state index contributed by atoms with van der Waals surface area (Å²) in [7, 11) is 0. The maximum absolute atomic E-state index is 6.78. The van der Waals surface area contributed by atoms with E-state index in [1.54, 1.807) is 0 Å². The van der Waals surface area contributed by atoms with Crippen LogP contribution in [0.5, 0.6) is 0 Å². The number of fused-ring (bicyclic) bond motifs is 23. The summed E-state index contributed by atoms with van der Waals surface area (Å²) < 4.78 is 13.5. The van der Waals surface area contributed by atoms with Crippen molar-refractivity contribution in [2.45, 2.75) is 5.41 Å². The smallest absolute Gasteiger partial charge is 0.159 e. The van der Waals surface area contributed by atoms with Crippen LogP contribution in [0.1, 0.15) is 22.3 Å². The third-order valence-corrected chi connectivity index (χ3v) is 19.2. The van der Waals surface area contributed by atoms with Crippen molar-refractivity contribution in [3.8, 4) is 44.5 Å². The predicted molar refractivity (Wildman–Crippen MR) is 370 cm³/mol. The number of hydrogen-bond donors (Lipinski definition) is 0. The van der Waals surface area contributed by atoms with Crippen molar-refractivity contribution < 1.29 is 8.83 Å². The molecule has 15 aromatic carbocycles. The zero-order valence-corrected chi connectivity index (χ0v) is 48.2. The SMILES string of the molecule is c1ccc(N(c2cccc(-c3ccc4c5c(c6ccccc6c4c3)-c3c(cc(-c4cccc(N(c6ccccc6)c6cccc7c6oc6ccccc67)c4)c4ccccc34)C53c4ccccc4-c4ccccc43)c2)c2cccc3c2oc2ccccc23)cc1. The fourth-order valence-electron chi connectivity index (χ4n) is 15.6. The molecule has 0 N–H and O–H groups in total. The second-order valence-electron chi connectivity index (χ2n) is 23.7. The molecule has 4 heteroatoms. The molecular formula is C85H52N2O2. The molecule has 1 spiro atoms. The summed E-state index contributed by atoms with van der Waals surface area (Å²) >= 11 is 0. The van der Waals surface area contributed by atoms with E-state index in [2.05, 4.69) is 313 Å². The van der Waals surface area contributed by atoms with Gasteiger partial charge in [-0.15, -0.1) is 0 Å².